The SMILES string of the molecule is C=C(C)CCOc1cc(F)ccc1[C@@H](C)O. The zero-order valence-electron chi connectivity index (χ0n) is 9.66. The topological polar surface area (TPSA) is 29.5 Å². The van der Waals surface area contributed by atoms with Gasteiger partial charge in [-0.3, -0.25) is 0 Å². The van der Waals surface area contributed by atoms with Crippen molar-refractivity contribution in [1.29, 1.82) is 0 Å². The Morgan fingerprint density at radius 1 is 1.56 bits per heavy atom. The van der Waals surface area contributed by atoms with Gasteiger partial charge in [0, 0.05) is 18.1 Å². The molecule has 1 N–H and O–H groups in total. The minimum absolute atomic E-state index is 0.366. The van der Waals surface area contributed by atoms with Crippen LogP contribution in [0.15, 0.2) is 30.4 Å². The van der Waals surface area contributed by atoms with E-state index in [1.807, 2.05) is 6.92 Å². The van der Waals surface area contributed by atoms with Gasteiger partial charge in [0.2, 0.25) is 0 Å². The first kappa shape index (κ1) is 12.7. The van der Waals surface area contributed by atoms with E-state index in [-0.39, 0.29) is 5.82 Å². The van der Waals surface area contributed by atoms with E-state index in [0.29, 0.717) is 17.9 Å². The van der Waals surface area contributed by atoms with E-state index in [1.165, 1.54) is 18.2 Å². The second-order valence-corrected chi connectivity index (χ2v) is 3.91. The predicted octanol–water partition coefficient (Wildman–Crippen LogP) is 3.22. The Morgan fingerprint density at radius 2 is 2.25 bits per heavy atom. The smallest absolute Gasteiger partial charge is 0.128 e. The molecule has 1 aromatic rings. The van der Waals surface area contributed by atoms with Gasteiger partial charge in [-0.15, -0.1) is 6.58 Å². The Hall–Kier alpha value is -1.35. The molecule has 0 bridgehead atoms. The minimum Gasteiger partial charge on any atom is -0.493 e. The van der Waals surface area contributed by atoms with Gasteiger partial charge in [-0.1, -0.05) is 5.57 Å². The highest BCUT2D eigenvalue weighted by molar-refractivity contribution is 5.35. The van der Waals surface area contributed by atoms with Gasteiger partial charge in [-0.2, -0.15) is 0 Å². The quantitative estimate of drug-likeness (QED) is 0.778. The molecular formula is C13H17FO2. The van der Waals surface area contributed by atoms with Crippen LogP contribution >= 0.6 is 0 Å². The molecule has 1 rings (SSSR count). The third-order valence-corrected chi connectivity index (χ3v) is 2.21. The van der Waals surface area contributed by atoms with E-state index in [2.05, 4.69) is 6.58 Å². The molecule has 88 valence electrons. The molecule has 0 saturated carbocycles. The lowest BCUT2D eigenvalue weighted by Crippen LogP contribution is -2.03. The van der Waals surface area contributed by atoms with Gasteiger partial charge in [0.25, 0.3) is 0 Å². The number of ether oxygens (including phenoxy) is 1. The van der Waals surface area contributed by atoms with Crippen LogP contribution < -0.4 is 4.74 Å². The summed E-state index contributed by atoms with van der Waals surface area (Å²) in [5.74, 6) is 0.0333. The van der Waals surface area contributed by atoms with Crippen molar-refractivity contribution in [3.8, 4) is 5.75 Å². The molecule has 0 aromatic heterocycles. The fourth-order valence-corrected chi connectivity index (χ4v) is 1.31. The first-order valence-corrected chi connectivity index (χ1v) is 5.25. The fourth-order valence-electron chi connectivity index (χ4n) is 1.31. The van der Waals surface area contributed by atoms with Crippen LogP contribution in [-0.4, -0.2) is 11.7 Å². The average Bonchev–Trinajstić information content (AvgIpc) is 2.16. The van der Waals surface area contributed by atoms with Crippen molar-refractivity contribution in [3.05, 3.63) is 41.7 Å². The maximum atomic E-state index is 13.0. The monoisotopic (exact) mass is 224 g/mol. The lowest BCUT2D eigenvalue weighted by molar-refractivity contribution is 0.191. The predicted molar refractivity (Wildman–Crippen MR) is 62.0 cm³/mol. The molecule has 0 saturated heterocycles. The van der Waals surface area contributed by atoms with Gasteiger partial charge in [-0.25, -0.2) is 4.39 Å². The van der Waals surface area contributed by atoms with Gasteiger partial charge in [-0.05, 0) is 26.0 Å². The first-order valence-electron chi connectivity index (χ1n) is 5.25. The number of hydrogen-bond acceptors (Lipinski definition) is 2. The number of benzene rings is 1. The van der Waals surface area contributed by atoms with Gasteiger partial charge in [0.15, 0.2) is 0 Å². The number of aliphatic hydroxyl groups is 1. The third kappa shape index (κ3) is 3.66. The lowest BCUT2D eigenvalue weighted by atomic mass is 10.1. The highest BCUT2D eigenvalue weighted by Crippen LogP contribution is 2.26. The third-order valence-electron chi connectivity index (χ3n) is 2.21. The normalized spacial score (nSPS) is 12.2. The summed E-state index contributed by atoms with van der Waals surface area (Å²) in [5.41, 5.74) is 1.61. The van der Waals surface area contributed by atoms with E-state index >= 15 is 0 Å². The van der Waals surface area contributed by atoms with Crippen molar-refractivity contribution in [2.75, 3.05) is 6.61 Å². The molecule has 0 spiro atoms. The summed E-state index contributed by atoms with van der Waals surface area (Å²) in [6.07, 6.45) is 0.0517. The molecule has 0 heterocycles. The molecule has 1 atom stereocenters. The van der Waals surface area contributed by atoms with E-state index in [1.54, 1.807) is 6.92 Å². The van der Waals surface area contributed by atoms with Crippen LogP contribution in [-0.2, 0) is 0 Å². The summed E-state index contributed by atoms with van der Waals surface area (Å²) in [6, 6.07) is 4.14. The zero-order chi connectivity index (χ0) is 12.1. The largest absolute Gasteiger partial charge is 0.493 e. The van der Waals surface area contributed by atoms with Crippen LogP contribution in [0.4, 0.5) is 4.39 Å². The summed E-state index contributed by atoms with van der Waals surface area (Å²) < 4.78 is 18.4. The van der Waals surface area contributed by atoms with Crippen molar-refractivity contribution >= 4 is 0 Å². The van der Waals surface area contributed by atoms with E-state index in [9.17, 15) is 9.50 Å². The molecule has 0 unspecified atom stereocenters. The van der Waals surface area contributed by atoms with Crippen molar-refractivity contribution in [1.82, 2.24) is 0 Å². The summed E-state index contributed by atoms with van der Waals surface area (Å²) in [7, 11) is 0. The van der Waals surface area contributed by atoms with Crippen LogP contribution in [0.5, 0.6) is 5.75 Å². The van der Waals surface area contributed by atoms with Crippen molar-refractivity contribution in [2.24, 2.45) is 0 Å². The summed E-state index contributed by atoms with van der Waals surface area (Å²) in [5, 5.41) is 9.48. The first-order chi connectivity index (χ1) is 7.50. The average molecular weight is 224 g/mol. The number of hydrogen-bond donors (Lipinski definition) is 1. The molecule has 1 aromatic carbocycles. The van der Waals surface area contributed by atoms with Crippen LogP contribution in [0.2, 0.25) is 0 Å². The highest BCUT2D eigenvalue weighted by atomic mass is 19.1. The Balaban J connectivity index is 2.76. The van der Waals surface area contributed by atoms with E-state index in [0.717, 1.165) is 12.0 Å². The highest BCUT2D eigenvalue weighted by Gasteiger charge is 2.10. The standard InChI is InChI=1S/C13H17FO2/c1-9(2)6-7-16-13-8-11(14)4-5-12(13)10(3)15/h4-5,8,10,15H,1,6-7H2,2-3H3/t10-/m1/s1. The molecule has 0 fully saturated rings. The van der Waals surface area contributed by atoms with Gasteiger partial charge in [0.05, 0.1) is 12.7 Å². The summed E-state index contributed by atoms with van der Waals surface area (Å²) >= 11 is 0. The minimum atomic E-state index is -0.666. The molecule has 0 radical (unpaired) electrons. The fraction of sp³-hybridized carbons (Fsp3) is 0.385. The summed E-state index contributed by atoms with van der Waals surface area (Å²) in [4.78, 5) is 0. The maximum Gasteiger partial charge on any atom is 0.128 e. The Labute approximate surface area is 95.4 Å². The molecule has 0 aliphatic heterocycles. The molecular weight excluding hydrogens is 207 g/mol. The van der Waals surface area contributed by atoms with E-state index in [4.69, 9.17) is 4.74 Å². The van der Waals surface area contributed by atoms with Crippen molar-refractivity contribution in [3.63, 3.8) is 0 Å². The van der Waals surface area contributed by atoms with Gasteiger partial charge >= 0.3 is 0 Å². The van der Waals surface area contributed by atoms with Crippen molar-refractivity contribution in [2.45, 2.75) is 26.4 Å². The molecule has 0 aliphatic carbocycles. The Kier molecular flexibility index (Phi) is 4.50. The molecule has 0 aliphatic rings. The molecule has 16 heavy (non-hydrogen) atoms. The Bertz CT molecular complexity index is 372. The van der Waals surface area contributed by atoms with Gasteiger partial charge < -0.3 is 9.84 Å². The van der Waals surface area contributed by atoms with Crippen LogP contribution in [0.25, 0.3) is 0 Å². The maximum absolute atomic E-state index is 13.0. The Morgan fingerprint density at radius 3 is 2.81 bits per heavy atom. The molecule has 3 heteroatoms. The van der Waals surface area contributed by atoms with Crippen LogP contribution in [0, 0.1) is 5.82 Å². The number of halogens is 1. The lowest BCUT2D eigenvalue weighted by Gasteiger charge is -2.13. The van der Waals surface area contributed by atoms with E-state index < -0.39 is 6.10 Å². The van der Waals surface area contributed by atoms with Crippen LogP contribution in [0.3, 0.4) is 0 Å². The zero-order valence-corrected chi connectivity index (χ0v) is 9.66. The van der Waals surface area contributed by atoms with Crippen LogP contribution in [0.1, 0.15) is 31.9 Å². The second kappa shape index (κ2) is 5.66. The number of aliphatic hydroxyl groups excluding tert-OH is 1. The number of rotatable bonds is 5. The molecule has 0 amide bonds. The summed E-state index contributed by atoms with van der Waals surface area (Å²) in [6.45, 7) is 7.73. The second-order valence-electron chi connectivity index (χ2n) is 3.91. The van der Waals surface area contributed by atoms with Crippen molar-refractivity contribution < 1.29 is 14.2 Å². The molecule has 2 nitrogen and oxygen atoms in total. The van der Waals surface area contributed by atoms with Gasteiger partial charge in [0.1, 0.15) is 11.6 Å².